The Morgan fingerprint density at radius 3 is 1.85 bits per heavy atom. The van der Waals surface area contributed by atoms with E-state index in [1.807, 2.05) is 12.1 Å². The molecule has 1 N–H and O–H groups in total. The van der Waals surface area contributed by atoms with Crippen LogP contribution < -0.4 is 9.47 Å². The topological polar surface area (TPSA) is 38.7 Å². The zero-order valence-electron chi connectivity index (χ0n) is 18.5. The van der Waals surface area contributed by atoms with Gasteiger partial charge in [0, 0.05) is 0 Å². The molecule has 0 saturated heterocycles. The maximum absolute atomic E-state index is 9.30. The Labute approximate surface area is 167 Å². The Kier molecular flexibility index (Phi) is 12.6. The molecule has 1 aromatic carbocycles. The summed E-state index contributed by atoms with van der Waals surface area (Å²) < 4.78 is 10.3. The molecule has 0 spiro atoms. The number of aryl methyl sites for hydroxylation is 2. The molecule has 1 saturated carbocycles. The van der Waals surface area contributed by atoms with Gasteiger partial charge in [-0.3, -0.25) is 0 Å². The molecule has 2 unspecified atom stereocenters. The average molecular weight is 377 g/mol. The zero-order chi connectivity index (χ0) is 21.0. The first-order chi connectivity index (χ1) is 12.7. The van der Waals surface area contributed by atoms with Gasteiger partial charge in [-0.2, -0.15) is 0 Å². The average Bonchev–Trinajstić information content (AvgIpc) is 2.67. The fourth-order valence-electron chi connectivity index (χ4n) is 2.88. The van der Waals surface area contributed by atoms with Gasteiger partial charge in [-0.1, -0.05) is 45.6 Å². The SMILES string of the molecule is C=CC(=C)CC.CC1CC[C@H](O)C(C)C1.COc1cc(C)c(C)cc1OC. The van der Waals surface area contributed by atoms with Crippen LogP contribution >= 0.6 is 0 Å². The fraction of sp³-hybridized carbons (Fsp3) is 0.583. The summed E-state index contributed by atoms with van der Waals surface area (Å²) in [5, 5.41) is 9.30. The second-order valence-corrected chi connectivity index (χ2v) is 7.47. The Balaban J connectivity index is 0.000000400. The Bertz CT molecular complexity index is 548. The van der Waals surface area contributed by atoms with Gasteiger partial charge < -0.3 is 14.6 Å². The first-order valence-electron chi connectivity index (χ1n) is 9.87. The fourth-order valence-corrected chi connectivity index (χ4v) is 2.88. The normalized spacial score (nSPS) is 21.0. The highest BCUT2D eigenvalue weighted by Crippen LogP contribution is 2.29. The molecule has 0 aromatic heterocycles. The number of hydrogen-bond acceptors (Lipinski definition) is 3. The van der Waals surface area contributed by atoms with E-state index in [9.17, 15) is 5.11 Å². The molecule has 0 amide bonds. The Hall–Kier alpha value is -1.74. The lowest BCUT2D eigenvalue weighted by Crippen LogP contribution is -2.25. The third-order valence-electron chi connectivity index (χ3n) is 5.13. The summed E-state index contributed by atoms with van der Waals surface area (Å²) in [5.41, 5.74) is 3.54. The zero-order valence-corrected chi connectivity index (χ0v) is 18.5. The highest BCUT2D eigenvalue weighted by atomic mass is 16.5. The highest BCUT2D eigenvalue weighted by Gasteiger charge is 2.22. The summed E-state index contributed by atoms with van der Waals surface area (Å²) in [7, 11) is 3.29. The number of benzene rings is 1. The van der Waals surface area contributed by atoms with Crippen molar-refractivity contribution in [3.8, 4) is 11.5 Å². The van der Waals surface area contributed by atoms with Gasteiger partial charge in [0.15, 0.2) is 11.5 Å². The van der Waals surface area contributed by atoms with Gasteiger partial charge in [0.05, 0.1) is 20.3 Å². The van der Waals surface area contributed by atoms with Crippen molar-refractivity contribution in [2.24, 2.45) is 11.8 Å². The molecule has 3 atom stereocenters. The molecule has 0 heterocycles. The molecule has 1 aliphatic carbocycles. The number of hydrogen-bond donors (Lipinski definition) is 1. The standard InChI is InChI=1S/C10H14O2.C8H16O.C6H10/c1-7-5-9(11-3)10(12-4)6-8(7)2;1-6-3-4-8(9)7(2)5-6;1-4-6(3)5-2/h5-6H,1-4H3;6-9H,3-5H2,1-2H3;4H,1,3,5H2,2H3/t;6?,7?,8-;/m.0./s1. The van der Waals surface area contributed by atoms with E-state index in [-0.39, 0.29) is 6.10 Å². The van der Waals surface area contributed by atoms with E-state index in [0.29, 0.717) is 5.92 Å². The molecule has 3 nitrogen and oxygen atoms in total. The molecule has 2 rings (SSSR count). The minimum Gasteiger partial charge on any atom is -0.493 e. The van der Waals surface area contributed by atoms with Gasteiger partial charge in [0.25, 0.3) is 0 Å². The quantitative estimate of drug-likeness (QED) is 0.630. The molecule has 1 aromatic rings. The third kappa shape index (κ3) is 9.67. The number of aliphatic hydroxyl groups excluding tert-OH is 1. The van der Waals surface area contributed by atoms with Gasteiger partial charge in [-0.05, 0) is 74.6 Å². The lowest BCUT2D eigenvalue weighted by Gasteiger charge is -2.28. The third-order valence-corrected chi connectivity index (χ3v) is 5.13. The summed E-state index contributed by atoms with van der Waals surface area (Å²) in [6, 6.07) is 3.96. The minimum atomic E-state index is -0.0128. The predicted molar refractivity (Wildman–Crippen MR) is 117 cm³/mol. The van der Waals surface area contributed by atoms with Crippen molar-refractivity contribution in [2.45, 2.75) is 66.4 Å². The first-order valence-corrected chi connectivity index (χ1v) is 9.87. The number of rotatable bonds is 4. The van der Waals surface area contributed by atoms with Crippen molar-refractivity contribution < 1.29 is 14.6 Å². The summed E-state index contributed by atoms with van der Waals surface area (Å²) in [4.78, 5) is 0. The molecule has 0 aliphatic heterocycles. The molecule has 3 heteroatoms. The van der Waals surface area contributed by atoms with Crippen LogP contribution in [0.3, 0.4) is 0 Å². The van der Waals surface area contributed by atoms with E-state index in [4.69, 9.17) is 9.47 Å². The summed E-state index contributed by atoms with van der Waals surface area (Å²) in [5.74, 6) is 2.96. The van der Waals surface area contributed by atoms with Crippen LogP contribution in [0, 0.1) is 25.7 Å². The van der Waals surface area contributed by atoms with E-state index in [0.717, 1.165) is 35.8 Å². The first kappa shape index (κ1) is 25.3. The van der Waals surface area contributed by atoms with Crippen LogP contribution in [0.15, 0.2) is 36.9 Å². The van der Waals surface area contributed by atoms with Crippen molar-refractivity contribution in [2.75, 3.05) is 14.2 Å². The largest absolute Gasteiger partial charge is 0.493 e. The van der Waals surface area contributed by atoms with Crippen molar-refractivity contribution in [3.63, 3.8) is 0 Å². The van der Waals surface area contributed by atoms with Crippen LogP contribution in [0.25, 0.3) is 0 Å². The molecular weight excluding hydrogens is 336 g/mol. The van der Waals surface area contributed by atoms with Crippen LogP contribution in [0.2, 0.25) is 0 Å². The Morgan fingerprint density at radius 1 is 1.11 bits per heavy atom. The maximum atomic E-state index is 9.30. The van der Waals surface area contributed by atoms with Gasteiger partial charge in [0.1, 0.15) is 0 Å². The predicted octanol–water partition coefficient (Wildman–Crippen LogP) is 6.26. The molecule has 0 bridgehead atoms. The monoisotopic (exact) mass is 376 g/mol. The summed E-state index contributed by atoms with van der Waals surface area (Å²) >= 11 is 0. The number of methoxy groups -OCH3 is 2. The second-order valence-electron chi connectivity index (χ2n) is 7.47. The molecule has 1 aliphatic rings. The number of aliphatic hydroxyl groups is 1. The Morgan fingerprint density at radius 2 is 1.59 bits per heavy atom. The van der Waals surface area contributed by atoms with E-state index in [2.05, 4.69) is 47.8 Å². The number of ether oxygens (including phenoxy) is 2. The molecule has 0 radical (unpaired) electrons. The van der Waals surface area contributed by atoms with Crippen LogP contribution in [0.5, 0.6) is 11.5 Å². The van der Waals surface area contributed by atoms with E-state index < -0.39 is 0 Å². The highest BCUT2D eigenvalue weighted by molar-refractivity contribution is 5.46. The smallest absolute Gasteiger partial charge is 0.160 e. The van der Waals surface area contributed by atoms with Crippen LogP contribution in [-0.4, -0.2) is 25.4 Å². The number of allylic oxidation sites excluding steroid dienone is 2. The lowest BCUT2D eigenvalue weighted by atomic mass is 9.81. The van der Waals surface area contributed by atoms with Crippen LogP contribution in [0.1, 0.15) is 57.6 Å². The summed E-state index contributed by atoms with van der Waals surface area (Å²) in [6.45, 7) is 17.8. The molecular formula is C24H40O3. The van der Waals surface area contributed by atoms with Crippen molar-refractivity contribution in [3.05, 3.63) is 48.1 Å². The van der Waals surface area contributed by atoms with Crippen molar-refractivity contribution in [1.82, 2.24) is 0 Å². The van der Waals surface area contributed by atoms with E-state index >= 15 is 0 Å². The van der Waals surface area contributed by atoms with Gasteiger partial charge in [0.2, 0.25) is 0 Å². The van der Waals surface area contributed by atoms with Crippen LogP contribution in [0.4, 0.5) is 0 Å². The summed E-state index contributed by atoms with van der Waals surface area (Å²) in [6.07, 6.45) is 6.22. The van der Waals surface area contributed by atoms with E-state index in [1.165, 1.54) is 24.0 Å². The van der Waals surface area contributed by atoms with Gasteiger partial charge in [-0.15, -0.1) is 0 Å². The molecule has 154 valence electrons. The molecule has 1 fully saturated rings. The van der Waals surface area contributed by atoms with E-state index in [1.54, 1.807) is 20.3 Å². The van der Waals surface area contributed by atoms with Gasteiger partial charge in [-0.25, -0.2) is 0 Å². The van der Waals surface area contributed by atoms with Gasteiger partial charge >= 0.3 is 0 Å². The lowest BCUT2D eigenvalue weighted by molar-refractivity contribution is 0.0611. The maximum Gasteiger partial charge on any atom is 0.160 e. The minimum absolute atomic E-state index is 0.0128. The van der Waals surface area contributed by atoms with Crippen molar-refractivity contribution in [1.29, 1.82) is 0 Å². The van der Waals surface area contributed by atoms with Crippen LogP contribution in [-0.2, 0) is 0 Å². The second kappa shape index (κ2) is 13.4. The van der Waals surface area contributed by atoms with Crippen molar-refractivity contribution >= 4 is 0 Å². The molecule has 27 heavy (non-hydrogen) atoms.